The van der Waals surface area contributed by atoms with E-state index in [1.807, 2.05) is 0 Å². The van der Waals surface area contributed by atoms with Crippen LogP contribution in [0.25, 0.3) is 0 Å². The average molecular weight is 240 g/mol. The molecule has 0 amide bonds. The molecule has 0 saturated heterocycles. The molecule has 1 nitrogen and oxygen atoms in total. The fourth-order valence-corrected chi connectivity index (χ4v) is 0. The Hall–Kier alpha value is 2.04. The summed E-state index contributed by atoms with van der Waals surface area (Å²) in [5.41, 5.74) is 0. The van der Waals surface area contributed by atoms with Crippen LogP contribution in [0.1, 0.15) is 0 Å². The summed E-state index contributed by atoms with van der Waals surface area (Å²) < 4.78 is 0. The Labute approximate surface area is 73.2 Å². The van der Waals surface area contributed by atoms with E-state index in [0.29, 0.717) is 0 Å². The Bertz CT molecular complexity index is 11.6. The number of rotatable bonds is 0. The third kappa shape index (κ3) is 23.7. The first-order valence-corrected chi connectivity index (χ1v) is 0. The molecule has 0 saturated carbocycles. The molecule has 5 heteroatoms. The summed E-state index contributed by atoms with van der Waals surface area (Å²) in [5.74, 6) is 0. The maximum absolute atomic E-state index is 0. The van der Waals surface area contributed by atoms with Crippen molar-refractivity contribution in [3.05, 3.63) is 0 Å². The van der Waals surface area contributed by atoms with Crippen LogP contribution >= 0.6 is 0 Å². The standard InChI is InChI=1S/Co.Cr.Fe.Mn.H2O/h;;;;1H2. The van der Waals surface area contributed by atoms with Crippen molar-refractivity contribution < 1.29 is 73.8 Å². The Kier molecular flexibility index (Phi) is 456. The predicted molar refractivity (Wildman–Crippen MR) is 3.61 cm³/mol. The Morgan fingerprint density at radius 1 is 1.00 bits per heavy atom. The van der Waals surface area contributed by atoms with Gasteiger partial charge in [-0.15, -0.1) is 0 Å². The second-order valence-electron chi connectivity index (χ2n) is 0. The minimum absolute atomic E-state index is 0. The summed E-state index contributed by atoms with van der Waals surface area (Å²) in [6.07, 6.45) is 0. The van der Waals surface area contributed by atoms with Crippen LogP contribution < -0.4 is 0 Å². The monoisotopic (exact) mass is 240 g/mol. The second kappa shape index (κ2) is 36.9. The van der Waals surface area contributed by atoms with Gasteiger partial charge in [0.15, 0.2) is 0 Å². The molecule has 0 aliphatic rings. The van der Waals surface area contributed by atoms with Gasteiger partial charge in [0.05, 0.1) is 0 Å². The van der Waals surface area contributed by atoms with Crippen LogP contribution in [0.4, 0.5) is 0 Å². The molecule has 0 aromatic carbocycles. The molecule has 0 bridgehead atoms. The number of hydrogen-bond donors (Lipinski definition) is 0. The second-order valence-corrected chi connectivity index (χ2v) is 0. The summed E-state index contributed by atoms with van der Waals surface area (Å²) in [6, 6.07) is 0. The van der Waals surface area contributed by atoms with E-state index in [-0.39, 0.29) is 73.8 Å². The maximum atomic E-state index is 0. The summed E-state index contributed by atoms with van der Waals surface area (Å²) >= 11 is 0. The SMILES string of the molecule is O.[Co].[Cr].[Fe].[Mn]. The van der Waals surface area contributed by atoms with Gasteiger partial charge in [0.1, 0.15) is 0 Å². The van der Waals surface area contributed by atoms with E-state index in [4.69, 9.17) is 0 Å². The third-order valence-corrected chi connectivity index (χ3v) is 0. The molecular weight excluding hydrogens is 238 g/mol. The molecule has 0 heterocycles. The van der Waals surface area contributed by atoms with Crippen LogP contribution in [-0.2, 0) is 68.3 Å². The molecule has 2 radical (unpaired) electrons. The minimum Gasteiger partial charge on any atom is -0.412 e. The molecule has 0 spiro atoms. The molecule has 0 aliphatic heterocycles. The van der Waals surface area contributed by atoms with Gasteiger partial charge in [0, 0.05) is 68.3 Å². The zero-order valence-electron chi connectivity index (χ0n) is 1.97. The van der Waals surface area contributed by atoms with Gasteiger partial charge in [-0.3, -0.25) is 0 Å². The van der Waals surface area contributed by atoms with Crippen molar-refractivity contribution in [3.8, 4) is 0 Å². The molecule has 0 atom stereocenters. The molecule has 5 heavy (non-hydrogen) atoms. The van der Waals surface area contributed by atoms with E-state index in [0.717, 1.165) is 0 Å². The molecule has 0 aliphatic carbocycles. The van der Waals surface area contributed by atoms with Crippen molar-refractivity contribution in [1.29, 1.82) is 0 Å². The van der Waals surface area contributed by atoms with Crippen molar-refractivity contribution in [2.75, 3.05) is 0 Å². The molecule has 38 valence electrons. The molecule has 0 aromatic heterocycles. The number of hydrogen-bond acceptors (Lipinski definition) is 0. The molecular formula is H2CoCrFeMnO. The third-order valence-electron chi connectivity index (χ3n) is 0. The van der Waals surface area contributed by atoms with Crippen LogP contribution in [0.3, 0.4) is 0 Å². The first-order chi connectivity index (χ1) is 0. The first-order valence-electron chi connectivity index (χ1n) is 0. The van der Waals surface area contributed by atoms with E-state index in [1.54, 1.807) is 0 Å². The zero-order chi connectivity index (χ0) is 0. The van der Waals surface area contributed by atoms with Gasteiger partial charge in [-0.25, -0.2) is 0 Å². The van der Waals surface area contributed by atoms with Crippen LogP contribution in [-0.4, -0.2) is 5.48 Å². The van der Waals surface area contributed by atoms with Crippen molar-refractivity contribution in [1.82, 2.24) is 0 Å². The maximum Gasteiger partial charge on any atom is 0 e. The summed E-state index contributed by atoms with van der Waals surface area (Å²) in [4.78, 5) is 0. The van der Waals surface area contributed by atoms with Crippen LogP contribution in [0.5, 0.6) is 0 Å². The fourth-order valence-electron chi connectivity index (χ4n) is 0. The predicted octanol–water partition coefficient (Wildman–Crippen LogP) is -0.835. The summed E-state index contributed by atoms with van der Waals surface area (Å²) in [5, 5.41) is 0. The Balaban J connectivity index is 0. The molecule has 0 unspecified atom stereocenters. The normalized spacial score (nSPS) is 0. The van der Waals surface area contributed by atoms with Crippen LogP contribution in [0.15, 0.2) is 0 Å². The van der Waals surface area contributed by atoms with Gasteiger partial charge in [-0.05, 0) is 0 Å². The molecule has 0 aromatic rings. The smallest absolute Gasteiger partial charge is 0 e. The van der Waals surface area contributed by atoms with E-state index in [9.17, 15) is 0 Å². The van der Waals surface area contributed by atoms with E-state index in [1.165, 1.54) is 0 Å². The van der Waals surface area contributed by atoms with Crippen molar-refractivity contribution >= 4 is 0 Å². The van der Waals surface area contributed by atoms with Gasteiger partial charge >= 0.3 is 0 Å². The average Bonchev–Trinajstić information content (AvgIpc) is 0. The summed E-state index contributed by atoms with van der Waals surface area (Å²) in [6.45, 7) is 0. The van der Waals surface area contributed by atoms with Crippen molar-refractivity contribution in [2.45, 2.75) is 0 Å². The van der Waals surface area contributed by atoms with Gasteiger partial charge in [-0.1, -0.05) is 0 Å². The van der Waals surface area contributed by atoms with E-state index >= 15 is 0 Å². The Morgan fingerprint density at radius 2 is 1.00 bits per heavy atom. The van der Waals surface area contributed by atoms with Crippen LogP contribution in [0, 0.1) is 0 Å². The van der Waals surface area contributed by atoms with Crippen LogP contribution in [0.2, 0.25) is 0 Å². The van der Waals surface area contributed by atoms with E-state index in [2.05, 4.69) is 0 Å². The Morgan fingerprint density at radius 3 is 1.00 bits per heavy atom. The topological polar surface area (TPSA) is 31.5 Å². The van der Waals surface area contributed by atoms with Gasteiger partial charge in [0.2, 0.25) is 0 Å². The quantitative estimate of drug-likeness (QED) is 0.494. The van der Waals surface area contributed by atoms with Crippen molar-refractivity contribution in [2.24, 2.45) is 0 Å². The van der Waals surface area contributed by atoms with E-state index < -0.39 is 0 Å². The fraction of sp³-hybridized carbons (Fsp3) is 0. The van der Waals surface area contributed by atoms with Gasteiger partial charge in [-0.2, -0.15) is 0 Å². The van der Waals surface area contributed by atoms with Gasteiger partial charge < -0.3 is 5.48 Å². The first kappa shape index (κ1) is 61.8. The van der Waals surface area contributed by atoms with Gasteiger partial charge in [0.25, 0.3) is 0 Å². The zero-order valence-corrected chi connectivity index (χ0v) is 6.57. The van der Waals surface area contributed by atoms with Crippen molar-refractivity contribution in [3.63, 3.8) is 0 Å². The molecule has 0 rings (SSSR count). The molecule has 0 fully saturated rings. The molecule has 2 N–H and O–H groups in total. The summed E-state index contributed by atoms with van der Waals surface area (Å²) in [7, 11) is 0. The largest absolute Gasteiger partial charge is 0.412 e. The minimum atomic E-state index is 0.